The number of anilines is 1. The number of hydrogen-bond acceptors (Lipinski definition) is 6. The average molecular weight is 329 g/mol. The third kappa shape index (κ3) is 3.60. The van der Waals surface area contributed by atoms with Crippen molar-refractivity contribution in [3.05, 3.63) is 41.7 Å². The minimum atomic E-state index is -1.13. The van der Waals surface area contributed by atoms with E-state index in [-0.39, 0.29) is 11.7 Å². The molecule has 2 heterocycles. The first-order chi connectivity index (χ1) is 11.5. The van der Waals surface area contributed by atoms with Gasteiger partial charge in [-0.1, -0.05) is 5.16 Å². The number of furan rings is 1. The highest BCUT2D eigenvalue weighted by molar-refractivity contribution is 5.95. The predicted octanol–water partition coefficient (Wildman–Crippen LogP) is 2.78. The molecule has 8 nitrogen and oxygen atoms in total. The maximum atomic E-state index is 12.0. The normalized spacial score (nSPS) is 10.9. The molecule has 0 aliphatic heterocycles. The number of nitrogens with zero attached hydrogens (tertiary/aromatic N) is 2. The van der Waals surface area contributed by atoms with Crippen LogP contribution in [0.3, 0.4) is 0 Å². The number of aromatic nitrogens is 2. The minimum absolute atomic E-state index is 0.136. The van der Waals surface area contributed by atoms with Crippen molar-refractivity contribution in [1.29, 1.82) is 0 Å². The van der Waals surface area contributed by atoms with E-state index in [1.54, 1.807) is 25.1 Å². The Morgan fingerprint density at radius 1 is 1.29 bits per heavy atom. The first-order valence-electron chi connectivity index (χ1n) is 7.37. The summed E-state index contributed by atoms with van der Waals surface area (Å²) in [5.41, 5.74) is 1.04. The highest BCUT2D eigenvalue weighted by Crippen LogP contribution is 2.23. The largest absolute Gasteiger partial charge is 0.475 e. The molecule has 0 atom stereocenters. The zero-order chi connectivity index (χ0) is 17.1. The van der Waals surface area contributed by atoms with Crippen LogP contribution in [0.4, 0.5) is 5.69 Å². The van der Waals surface area contributed by atoms with Crippen LogP contribution in [0.25, 0.3) is 11.0 Å². The van der Waals surface area contributed by atoms with E-state index in [0.29, 0.717) is 47.6 Å². The van der Waals surface area contributed by atoms with Crippen LogP contribution >= 0.6 is 0 Å². The summed E-state index contributed by atoms with van der Waals surface area (Å²) in [6.07, 6.45) is 1.44. The first kappa shape index (κ1) is 15.7. The summed E-state index contributed by atoms with van der Waals surface area (Å²) in [5.74, 6) is -0.325. The number of rotatable bonds is 6. The highest BCUT2D eigenvalue weighted by atomic mass is 16.5. The van der Waals surface area contributed by atoms with Gasteiger partial charge in [0.25, 0.3) is 0 Å². The zero-order valence-corrected chi connectivity index (χ0v) is 12.9. The topological polar surface area (TPSA) is 118 Å². The van der Waals surface area contributed by atoms with Gasteiger partial charge in [0, 0.05) is 23.9 Å². The van der Waals surface area contributed by atoms with Crippen LogP contribution in [0.2, 0.25) is 0 Å². The average Bonchev–Trinajstić information content (AvgIpc) is 3.13. The lowest BCUT2D eigenvalue weighted by Crippen LogP contribution is -2.11. The van der Waals surface area contributed by atoms with Gasteiger partial charge >= 0.3 is 5.97 Å². The van der Waals surface area contributed by atoms with Gasteiger partial charge in [-0.05, 0) is 37.6 Å². The maximum absolute atomic E-state index is 12.0. The van der Waals surface area contributed by atoms with Crippen LogP contribution < -0.4 is 5.32 Å². The molecule has 0 aliphatic rings. The van der Waals surface area contributed by atoms with Crippen LogP contribution in [0.1, 0.15) is 35.1 Å². The van der Waals surface area contributed by atoms with E-state index in [1.165, 1.54) is 6.07 Å². The van der Waals surface area contributed by atoms with Gasteiger partial charge < -0.3 is 19.4 Å². The molecule has 3 aromatic rings. The van der Waals surface area contributed by atoms with E-state index >= 15 is 0 Å². The molecule has 3 rings (SSSR count). The number of carbonyl (C=O) groups is 2. The van der Waals surface area contributed by atoms with Crippen LogP contribution in [-0.2, 0) is 11.2 Å². The Hall–Kier alpha value is -3.16. The van der Waals surface area contributed by atoms with E-state index in [9.17, 15) is 9.59 Å². The van der Waals surface area contributed by atoms with E-state index in [0.717, 1.165) is 0 Å². The van der Waals surface area contributed by atoms with Crippen LogP contribution in [0.5, 0.6) is 0 Å². The van der Waals surface area contributed by atoms with Crippen molar-refractivity contribution in [1.82, 2.24) is 10.1 Å². The summed E-state index contributed by atoms with van der Waals surface area (Å²) in [7, 11) is 0. The number of carbonyl (C=O) groups excluding carboxylic acids is 1. The molecule has 0 bridgehead atoms. The van der Waals surface area contributed by atoms with E-state index < -0.39 is 5.97 Å². The van der Waals surface area contributed by atoms with Crippen molar-refractivity contribution < 1.29 is 23.6 Å². The lowest BCUT2D eigenvalue weighted by atomic mass is 10.2. The number of carboxylic acid groups (broad SMARTS) is 1. The second kappa shape index (κ2) is 6.53. The van der Waals surface area contributed by atoms with E-state index in [2.05, 4.69) is 15.5 Å². The van der Waals surface area contributed by atoms with E-state index in [4.69, 9.17) is 14.0 Å². The lowest BCUT2D eigenvalue weighted by Gasteiger charge is -2.04. The number of amides is 1. The molecule has 0 aliphatic carbocycles. The van der Waals surface area contributed by atoms with Crippen LogP contribution in [0, 0.1) is 6.92 Å². The number of benzene rings is 1. The van der Waals surface area contributed by atoms with Crippen molar-refractivity contribution in [3.63, 3.8) is 0 Å². The standard InChI is InChI=1S/C16H15N3O5/c1-9-17-15(24-19-9)4-2-3-14(20)18-11-5-6-12-10(7-11)8-13(23-12)16(21)22/h5-8H,2-4H2,1H3,(H,18,20)(H,21,22). The monoisotopic (exact) mass is 329 g/mol. The quantitative estimate of drug-likeness (QED) is 0.713. The third-order valence-corrected chi connectivity index (χ3v) is 3.37. The summed E-state index contributed by atoms with van der Waals surface area (Å²) < 4.78 is 10.2. The molecule has 0 radical (unpaired) electrons. The van der Waals surface area contributed by atoms with Crippen molar-refractivity contribution in [2.75, 3.05) is 5.32 Å². The van der Waals surface area contributed by atoms with Gasteiger partial charge in [0.05, 0.1) is 0 Å². The fourth-order valence-corrected chi connectivity index (χ4v) is 2.29. The second-order valence-corrected chi connectivity index (χ2v) is 5.31. The molecule has 124 valence electrons. The Bertz CT molecular complexity index is 896. The summed E-state index contributed by atoms with van der Waals surface area (Å²) >= 11 is 0. The Morgan fingerprint density at radius 2 is 2.12 bits per heavy atom. The molecule has 1 amide bonds. The number of carboxylic acids is 1. The summed E-state index contributed by atoms with van der Waals surface area (Å²) in [4.78, 5) is 26.9. The van der Waals surface area contributed by atoms with Gasteiger partial charge in [-0.25, -0.2) is 4.79 Å². The Kier molecular flexibility index (Phi) is 4.28. The lowest BCUT2D eigenvalue weighted by molar-refractivity contribution is -0.116. The first-order valence-corrected chi connectivity index (χ1v) is 7.37. The number of fused-ring (bicyclic) bond motifs is 1. The third-order valence-electron chi connectivity index (χ3n) is 3.37. The zero-order valence-electron chi connectivity index (χ0n) is 12.9. The molecule has 2 aromatic heterocycles. The van der Waals surface area contributed by atoms with Gasteiger partial charge in [-0.15, -0.1) is 0 Å². The molecule has 8 heteroatoms. The highest BCUT2D eigenvalue weighted by Gasteiger charge is 2.11. The molecule has 0 fully saturated rings. The van der Waals surface area contributed by atoms with Crippen LogP contribution in [-0.4, -0.2) is 27.1 Å². The van der Waals surface area contributed by atoms with Crippen LogP contribution in [0.15, 0.2) is 33.2 Å². The van der Waals surface area contributed by atoms with Gasteiger partial charge in [0.15, 0.2) is 5.82 Å². The van der Waals surface area contributed by atoms with Crippen molar-refractivity contribution >= 4 is 28.5 Å². The van der Waals surface area contributed by atoms with Crippen molar-refractivity contribution in [2.45, 2.75) is 26.2 Å². The molecular formula is C16H15N3O5. The summed E-state index contributed by atoms with van der Waals surface area (Å²) in [6, 6.07) is 6.38. The molecule has 0 saturated heterocycles. The van der Waals surface area contributed by atoms with Crippen molar-refractivity contribution in [3.8, 4) is 0 Å². The Morgan fingerprint density at radius 3 is 2.83 bits per heavy atom. The van der Waals surface area contributed by atoms with E-state index in [1.807, 2.05) is 0 Å². The number of hydrogen-bond donors (Lipinski definition) is 2. The number of aromatic carboxylic acids is 1. The summed E-state index contributed by atoms with van der Waals surface area (Å²) in [6.45, 7) is 1.74. The molecule has 2 N–H and O–H groups in total. The minimum Gasteiger partial charge on any atom is -0.475 e. The molecule has 0 unspecified atom stereocenters. The number of nitrogens with one attached hydrogen (secondary N) is 1. The van der Waals surface area contributed by atoms with Gasteiger partial charge in [0.1, 0.15) is 5.58 Å². The fourth-order valence-electron chi connectivity index (χ4n) is 2.29. The fraction of sp³-hybridized carbons (Fsp3) is 0.250. The second-order valence-electron chi connectivity index (χ2n) is 5.31. The molecule has 0 spiro atoms. The molecular weight excluding hydrogens is 314 g/mol. The van der Waals surface area contributed by atoms with Gasteiger partial charge in [0.2, 0.25) is 17.6 Å². The molecule has 24 heavy (non-hydrogen) atoms. The predicted molar refractivity (Wildman–Crippen MR) is 83.8 cm³/mol. The van der Waals surface area contributed by atoms with Gasteiger partial charge in [-0.3, -0.25) is 4.79 Å². The Labute approximate surface area is 136 Å². The maximum Gasteiger partial charge on any atom is 0.371 e. The molecule has 1 aromatic carbocycles. The van der Waals surface area contributed by atoms with Crippen molar-refractivity contribution in [2.24, 2.45) is 0 Å². The molecule has 0 saturated carbocycles. The SMILES string of the molecule is Cc1noc(CCCC(=O)Nc2ccc3oc(C(=O)O)cc3c2)n1. The summed E-state index contributed by atoms with van der Waals surface area (Å²) in [5, 5.41) is 16.0. The van der Waals surface area contributed by atoms with Gasteiger partial charge in [-0.2, -0.15) is 4.98 Å². The smallest absolute Gasteiger partial charge is 0.371 e. The Balaban J connectivity index is 1.57. The number of aryl methyl sites for hydroxylation is 2.